The van der Waals surface area contributed by atoms with Gasteiger partial charge >= 0.3 is 17.9 Å². The number of hydrogen-bond donors (Lipinski definition) is 0. The van der Waals surface area contributed by atoms with E-state index in [4.69, 9.17) is 14.2 Å². The normalized spacial score (nSPS) is 12.3. The number of allylic oxidation sites excluding steroid dienone is 8. The van der Waals surface area contributed by atoms with E-state index in [0.717, 1.165) is 83.5 Å². The first-order valence-corrected chi connectivity index (χ1v) is 31.6. The van der Waals surface area contributed by atoms with Crippen LogP contribution in [-0.4, -0.2) is 37.2 Å². The van der Waals surface area contributed by atoms with E-state index in [2.05, 4.69) is 69.4 Å². The Labute approximate surface area is 448 Å². The maximum atomic E-state index is 12.9. The van der Waals surface area contributed by atoms with Crippen LogP contribution >= 0.6 is 0 Å². The van der Waals surface area contributed by atoms with E-state index in [1.165, 1.54) is 212 Å². The summed E-state index contributed by atoms with van der Waals surface area (Å²) in [5, 5.41) is 0. The zero-order valence-corrected chi connectivity index (χ0v) is 48.2. The molecule has 0 aromatic rings. The molecule has 0 aliphatic heterocycles. The van der Waals surface area contributed by atoms with Crippen molar-refractivity contribution in [2.24, 2.45) is 0 Å². The topological polar surface area (TPSA) is 78.9 Å². The molecule has 0 heterocycles. The van der Waals surface area contributed by atoms with Gasteiger partial charge in [0, 0.05) is 19.3 Å². The van der Waals surface area contributed by atoms with Crippen LogP contribution in [0.5, 0.6) is 0 Å². The maximum absolute atomic E-state index is 12.9. The van der Waals surface area contributed by atoms with Gasteiger partial charge in [-0.2, -0.15) is 0 Å². The second-order valence-electron chi connectivity index (χ2n) is 21.3. The van der Waals surface area contributed by atoms with E-state index in [-0.39, 0.29) is 31.1 Å². The van der Waals surface area contributed by atoms with Crippen LogP contribution in [-0.2, 0) is 28.6 Å². The van der Waals surface area contributed by atoms with Crippen LogP contribution in [0.15, 0.2) is 48.6 Å². The molecule has 0 aromatic carbocycles. The molecule has 72 heavy (non-hydrogen) atoms. The third-order valence-electron chi connectivity index (χ3n) is 14.1. The molecule has 0 aliphatic carbocycles. The number of rotatable bonds is 58. The molecule has 420 valence electrons. The van der Waals surface area contributed by atoms with Gasteiger partial charge in [0.1, 0.15) is 13.2 Å². The van der Waals surface area contributed by atoms with E-state index >= 15 is 0 Å². The molecule has 6 heteroatoms. The van der Waals surface area contributed by atoms with E-state index in [1.807, 2.05) is 0 Å². The average molecular weight is 1010 g/mol. The van der Waals surface area contributed by atoms with Crippen molar-refractivity contribution in [1.29, 1.82) is 0 Å². The first-order valence-electron chi connectivity index (χ1n) is 31.6. The smallest absolute Gasteiger partial charge is 0.306 e. The Morgan fingerprint density at radius 3 is 0.792 bits per heavy atom. The molecular formula is C66H120O6. The van der Waals surface area contributed by atoms with Crippen molar-refractivity contribution < 1.29 is 28.6 Å². The van der Waals surface area contributed by atoms with Crippen molar-refractivity contribution in [1.82, 2.24) is 0 Å². The molecule has 0 amide bonds. The van der Waals surface area contributed by atoms with Gasteiger partial charge in [-0.05, 0) is 83.5 Å². The predicted octanol–water partition coefficient (Wildman–Crippen LogP) is 21.4. The minimum Gasteiger partial charge on any atom is -0.462 e. The van der Waals surface area contributed by atoms with Crippen LogP contribution in [0.3, 0.4) is 0 Å². The molecule has 0 radical (unpaired) electrons. The third kappa shape index (κ3) is 58.3. The van der Waals surface area contributed by atoms with Gasteiger partial charge < -0.3 is 14.2 Å². The Kier molecular flexibility index (Phi) is 58.7. The van der Waals surface area contributed by atoms with Crippen LogP contribution in [0.1, 0.15) is 335 Å². The van der Waals surface area contributed by atoms with Crippen molar-refractivity contribution in [3.05, 3.63) is 48.6 Å². The minimum absolute atomic E-state index is 0.0785. The molecule has 0 rings (SSSR count). The highest BCUT2D eigenvalue weighted by Gasteiger charge is 2.19. The van der Waals surface area contributed by atoms with Gasteiger partial charge in [0.15, 0.2) is 6.10 Å². The van der Waals surface area contributed by atoms with Gasteiger partial charge in [0.2, 0.25) is 0 Å². The predicted molar refractivity (Wildman–Crippen MR) is 312 cm³/mol. The fourth-order valence-electron chi connectivity index (χ4n) is 9.27. The summed E-state index contributed by atoms with van der Waals surface area (Å²) in [6.45, 7) is 6.66. The Morgan fingerprint density at radius 2 is 0.500 bits per heavy atom. The molecule has 0 saturated carbocycles. The summed E-state index contributed by atoms with van der Waals surface area (Å²) in [5.74, 6) is -0.878. The van der Waals surface area contributed by atoms with Gasteiger partial charge in [-0.25, -0.2) is 0 Å². The Morgan fingerprint density at radius 1 is 0.278 bits per heavy atom. The highest BCUT2D eigenvalue weighted by molar-refractivity contribution is 5.71. The summed E-state index contributed by atoms with van der Waals surface area (Å²) >= 11 is 0. The van der Waals surface area contributed by atoms with Crippen LogP contribution < -0.4 is 0 Å². The van der Waals surface area contributed by atoms with Crippen molar-refractivity contribution >= 4 is 17.9 Å². The molecular weight excluding hydrogens is 889 g/mol. The Bertz CT molecular complexity index is 1250. The van der Waals surface area contributed by atoms with Crippen LogP contribution in [0.4, 0.5) is 0 Å². The number of carbonyl (C=O) groups is 3. The van der Waals surface area contributed by atoms with Gasteiger partial charge in [-0.1, -0.05) is 281 Å². The Hall–Kier alpha value is -2.63. The number of carbonyl (C=O) groups excluding carboxylic acids is 3. The van der Waals surface area contributed by atoms with Crippen molar-refractivity contribution in [3.8, 4) is 0 Å². The van der Waals surface area contributed by atoms with E-state index < -0.39 is 6.10 Å². The van der Waals surface area contributed by atoms with Crippen LogP contribution in [0.25, 0.3) is 0 Å². The summed E-state index contributed by atoms with van der Waals surface area (Å²) in [5.41, 5.74) is 0. The molecule has 1 unspecified atom stereocenters. The number of ether oxygens (including phenoxy) is 3. The van der Waals surface area contributed by atoms with E-state index in [9.17, 15) is 14.4 Å². The first kappa shape index (κ1) is 69.4. The summed E-state index contributed by atoms with van der Waals surface area (Å²) < 4.78 is 16.9. The van der Waals surface area contributed by atoms with E-state index in [1.54, 1.807) is 0 Å². The lowest BCUT2D eigenvalue weighted by atomic mass is 10.0. The highest BCUT2D eigenvalue weighted by Crippen LogP contribution is 2.17. The Balaban J connectivity index is 4.37. The van der Waals surface area contributed by atoms with E-state index in [0.29, 0.717) is 19.3 Å². The molecule has 0 fully saturated rings. The molecule has 1 atom stereocenters. The second kappa shape index (κ2) is 60.9. The van der Waals surface area contributed by atoms with Crippen molar-refractivity contribution in [2.75, 3.05) is 13.2 Å². The molecule has 0 saturated heterocycles. The first-order chi connectivity index (χ1) is 35.5. The standard InChI is InChI=1S/C66H120O6/c1-4-7-10-13-16-19-22-25-28-30-32-33-34-36-38-41-44-47-50-53-56-59-65(68)71-62-63(61-70-64(67)58-55-52-49-46-43-40-37-27-24-21-18-15-12-9-6-3)72-66(69)60-57-54-51-48-45-42-39-35-31-29-26-23-20-17-14-11-8-5-2/h22,25,27,30,32,34,36-37,63H,4-21,23-24,26,28-29,31,33,35,38-62H2,1-3H3/b25-22-,32-30-,36-34-,37-27-. The minimum atomic E-state index is -0.781. The summed E-state index contributed by atoms with van der Waals surface area (Å²) in [7, 11) is 0. The van der Waals surface area contributed by atoms with Gasteiger partial charge in [-0.15, -0.1) is 0 Å². The average Bonchev–Trinajstić information content (AvgIpc) is 3.38. The quantitative estimate of drug-likeness (QED) is 0.0261. The second-order valence-corrected chi connectivity index (χ2v) is 21.3. The zero-order valence-electron chi connectivity index (χ0n) is 48.2. The van der Waals surface area contributed by atoms with Crippen LogP contribution in [0, 0.1) is 0 Å². The maximum Gasteiger partial charge on any atom is 0.306 e. The van der Waals surface area contributed by atoms with Gasteiger partial charge in [0.25, 0.3) is 0 Å². The fraction of sp³-hybridized carbons (Fsp3) is 0.833. The van der Waals surface area contributed by atoms with Gasteiger partial charge in [0.05, 0.1) is 0 Å². The number of esters is 3. The van der Waals surface area contributed by atoms with Crippen molar-refractivity contribution in [3.63, 3.8) is 0 Å². The molecule has 6 nitrogen and oxygen atoms in total. The van der Waals surface area contributed by atoms with Crippen LogP contribution in [0.2, 0.25) is 0 Å². The highest BCUT2D eigenvalue weighted by atomic mass is 16.6. The lowest BCUT2D eigenvalue weighted by Gasteiger charge is -2.18. The number of hydrogen-bond acceptors (Lipinski definition) is 6. The molecule has 0 spiro atoms. The van der Waals surface area contributed by atoms with Gasteiger partial charge in [-0.3, -0.25) is 14.4 Å². The molecule has 0 bridgehead atoms. The third-order valence-corrected chi connectivity index (χ3v) is 14.1. The summed E-state index contributed by atoms with van der Waals surface area (Å²) in [6.07, 6.45) is 75.3. The lowest BCUT2D eigenvalue weighted by Crippen LogP contribution is -2.30. The number of unbranched alkanes of at least 4 members (excludes halogenated alkanes) is 39. The lowest BCUT2D eigenvalue weighted by molar-refractivity contribution is -0.167. The largest absolute Gasteiger partial charge is 0.462 e. The van der Waals surface area contributed by atoms with Crippen molar-refractivity contribution in [2.45, 2.75) is 341 Å². The molecule has 0 aliphatic rings. The SMILES string of the molecule is CCCCCCC/C=C\C/C=C\C/C=C\CCCCCCCCC(=O)OCC(COC(=O)CCCCCCC/C=C\CCCCCCCC)OC(=O)CCCCCCCCCCCCCCCCCCCC. The monoisotopic (exact) mass is 1010 g/mol. The summed E-state index contributed by atoms with van der Waals surface area (Å²) in [6, 6.07) is 0. The zero-order chi connectivity index (χ0) is 52.2. The molecule has 0 aromatic heterocycles. The fourth-order valence-corrected chi connectivity index (χ4v) is 9.27. The summed E-state index contributed by atoms with van der Waals surface area (Å²) in [4.78, 5) is 38.3. The molecule has 0 N–H and O–H groups in total.